The Morgan fingerprint density at radius 3 is 2.72 bits per heavy atom. The number of carbonyl (C=O) groups excluding carboxylic acids is 1. The second kappa shape index (κ2) is 7.27. The number of methoxy groups -OCH3 is 1. The van der Waals surface area contributed by atoms with Crippen LogP contribution in [-0.4, -0.2) is 46.8 Å². The van der Waals surface area contributed by atoms with Gasteiger partial charge in [-0.05, 0) is 32.9 Å². The van der Waals surface area contributed by atoms with Gasteiger partial charge >= 0.3 is 0 Å². The number of amides is 1. The minimum Gasteiger partial charge on any atom is -0.496 e. The first kappa shape index (κ1) is 17.5. The first-order chi connectivity index (χ1) is 12.0. The van der Waals surface area contributed by atoms with Crippen molar-refractivity contribution >= 4 is 5.91 Å². The summed E-state index contributed by atoms with van der Waals surface area (Å²) in [5, 5.41) is 7.55. The lowest BCUT2D eigenvalue weighted by Gasteiger charge is -2.42. The molecule has 2 heterocycles. The van der Waals surface area contributed by atoms with E-state index in [0.717, 1.165) is 30.1 Å². The molecule has 134 valence electrons. The smallest absolute Gasteiger partial charge is 0.237 e. The van der Waals surface area contributed by atoms with E-state index in [-0.39, 0.29) is 11.9 Å². The highest BCUT2D eigenvalue weighted by Gasteiger charge is 2.35. The third-order valence-corrected chi connectivity index (χ3v) is 4.85. The first-order valence-corrected chi connectivity index (χ1v) is 8.66. The topological polar surface area (TPSA) is 59.4 Å². The molecule has 0 radical (unpaired) electrons. The van der Waals surface area contributed by atoms with Crippen LogP contribution in [0.2, 0.25) is 0 Å². The summed E-state index contributed by atoms with van der Waals surface area (Å²) in [6.45, 7) is 8.22. The summed E-state index contributed by atoms with van der Waals surface area (Å²) in [5.41, 5.74) is 3.20. The second-order valence-corrected chi connectivity index (χ2v) is 6.69. The van der Waals surface area contributed by atoms with E-state index < -0.39 is 0 Å². The van der Waals surface area contributed by atoms with Crippen LogP contribution in [0.3, 0.4) is 0 Å². The van der Waals surface area contributed by atoms with Gasteiger partial charge in [0.2, 0.25) is 5.91 Å². The van der Waals surface area contributed by atoms with Crippen molar-refractivity contribution in [2.75, 3.05) is 20.2 Å². The summed E-state index contributed by atoms with van der Waals surface area (Å²) in [4.78, 5) is 14.6. The van der Waals surface area contributed by atoms with Crippen LogP contribution in [0.15, 0.2) is 30.3 Å². The summed E-state index contributed by atoms with van der Waals surface area (Å²) in [5.74, 6) is 0.835. The normalized spacial score (nSPS) is 16.3. The fourth-order valence-corrected chi connectivity index (χ4v) is 3.32. The first-order valence-electron chi connectivity index (χ1n) is 8.66. The fourth-order valence-electron chi connectivity index (χ4n) is 3.32. The molecule has 0 unspecified atom stereocenters. The highest BCUT2D eigenvalue weighted by Crippen LogP contribution is 2.25. The maximum Gasteiger partial charge on any atom is 0.237 e. The lowest BCUT2D eigenvalue weighted by Crippen LogP contribution is -2.56. The summed E-state index contributed by atoms with van der Waals surface area (Å²) in [6.07, 6.45) is 0. The number of hydrogen-bond acceptors (Lipinski definition) is 4. The van der Waals surface area contributed by atoms with Crippen molar-refractivity contribution in [2.45, 2.75) is 39.4 Å². The van der Waals surface area contributed by atoms with Gasteiger partial charge in [0.1, 0.15) is 5.75 Å². The number of nitrogens with zero attached hydrogens (tertiary/aromatic N) is 3. The largest absolute Gasteiger partial charge is 0.496 e. The molecule has 1 aliphatic heterocycles. The van der Waals surface area contributed by atoms with E-state index in [1.54, 1.807) is 7.11 Å². The highest BCUT2D eigenvalue weighted by atomic mass is 16.5. The lowest BCUT2D eigenvalue weighted by atomic mass is 10.1. The molecule has 0 aliphatic carbocycles. The Labute approximate surface area is 148 Å². The van der Waals surface area contributed by atoms with Gasteiger partial charge in [-0.2, -0.15) is 5.10 Å². The zero-order chi connectivity index (χ0) is 18.0. The molecule has 6 nitrogen and oxygen atoms in total. The van der Waals surface area contributed by atoms with Gasteiger partial charge in [-0.25, -0.2) is 0 Å². The number of ether oxygens (including phenoxy) is 1. The summed E-state index contributed by atoms with van der Waals surface area (Å²) in [7, 11) is 1.64. The number of rotatable bonds is 6. The van der Waals surface area contributed by atoms with Crippen LogP contribution in [0.5, 0.6) is 5.75 Å². The molecular weight excluding hydrogens is 316 g/mol. The van der Waals surface area contributed by atoms with Gasteiger partial charge in [0.25, 0.3) is 0 Å². The molecule has 1 amide bonds. The van der Waals surface area contributed by atoms with Gasteiger partial charge in [-0.3, -0.25) is 14.4 Å². The molecule has 0 spiro atoms. The van der Waals surface area contributed by atoms with E-state index in [2.05, 4.69) is 33.0 Å². The van der Waals surface area contributed by atoms with Gasteiger partial charge < -0.3 is 10.1 Å². The number of para-hydroxylation sites is 1. The van der Waals surface area contributed by atoms with Crippen molar-refractivity contribution in [3.8, 4) is 5.75 Å². The minimum atomic E-state index is -0.150. The van der Waals surface area contributed by atoms with E-state index >= 15 is 0 Å². The number of aryl methyl sites for hydroxylation is 2. The molecule has 1 fully saturated rings. The number of aromatic nitrogens is 2. The minimum absolute atomic E-state index is 0.0396. The van der Waals surface area contributed by atoms with Crippen LogP contribution < -0.4 is 10.1 Å². The van der Waals surface area contributed by atoms with Crippen molar-refractivity contribution in [1.82, 2.24) is 20.0 Å². The molecule has 0 bridgehead atoms. The summed E-state index contributed by atoms with van der Waals surface area (Å²) in [6, 6.07) is 10.0. The Bertz CT molecular complexity index is 750. The SMILES string of the molecule is COc1ccccc1CNC(=O)[C@H](C)N1CC(n2nc(C)cc2C)C1. The predicted molar refractivity (Wildman–Crippen MR) is 96.6 cm³/mol. The predicted octanol–water partition coefficient (Wildman–Crippen LogP) is 2.07. The molecule has 0 saturated carbocycles. The quantitative estimate of drug-likeness (QED) is 0.873. The van der Waals surface area contributed by atoms with E-state index in [0.29, 0.717) is 12.6 Å². The fraction of sp³-hybridized carbons (Fsp3) is 0.474. The Hall–Kier alpha value is -2.34. The molecular formula is C19H26N4O2. The molecule has 3 rings (SSSR count). The number of nitrogens with one attached hydrogen (secondary N) is 1. The molecule has 1 aliphatic rings. The van der Waals surface area contributed by atoms with E-state index in [1.807, 2.05) is 38.1 Å². The highest BCUT2D eigenvalue weighted by molar-refractivity contribution is 5.81. The number of carbonyl (C=O) groups is 1. The average molecular weight is 342 g/mol. The molecule has 1 N–H and O–H groups in total. The van der Waals surface area contributed by atoms with Crippen LogP contribution in [0.4, 0.5) is 0 Å². The zero-order valence-corrected chi connectivity index (χ0v) is 15.3. The van der Waals surface area contributed by atoms with Gasteiger partial charge in [-0.15, -0.1) is 0 Å². The molecule has 25 heavy (non-hydrogen) atoms. The lowest BCUT2D eigenvalue weighted by molar-refractivity contribution is -0.128. The van der Waals surface area contributed by atoms with Crippen molar-refractivity contribution in [3.63, 3.8) is 0 Å². The van der Waals surface area contributed by atoms with E-state index in [4.69, 9.17) is 4.74 Å². The van der Waals surface area contributed by atoms with E-state index in [1.165, 1.54) is 5.69 Å². The molecule has 1 aromatic carbocycles. The standard InChI is InChI=1S/C19H26N4O2/c1-13-9-14(2)23(21-13)17-11-22(12-17)15(3)19(24)20-10-16-7-5-6-8-18(16)25-4/h5-9,15,17H,10-12H2,1-4H3,(H,20,24)/t15-/m0/s1. The van der Waals surface area contributed by atoms with Crippen LogP contribution in [-0.2, 0) is 11.3 Å². The van der Waals surface area contributed by atoms with Gasteiger partial charge in [0.15, 0.2) is 0 Å². The third-order valence-electron chi connectivity index (χ3n) is 4.85. The van der Waals surface area contributed by atoms with Crippen LogP contribution in [0.1, 0.15) is 29.9 Å². The van der Waals surface area contributed by atoms with Crippen molar-refractivity contribution in [3.05, 3.63) is 47.3 Å². The number of hydrogen-bond donors (Lipinski definition) is 1. The molecule has 1 saturated heterocycles. The molecule has 1 aromatic heterocycles. The average Bonchev–Trinajstić information content (AvgIpc) is 2.89. The molecule has 1 atom stereocenters. The third kappa shape index (κ3) is 3.69. The Balaban J connectivity index is 1.51. The number of benzene rings is 1. The van der Waals surface area contributed by atoms with Crippen molar-refractivity contribution in [1.29, 1.82) is 0 Å². The molecule has 2 aromatic rings. The number of likely N-dealkylation sites (tertiary alicyclic amines) is 1. The maximum absolute atomic E-state index is 12.4. The summed E-state index contributed by atoms with van der Waals surface area (Å²) < 4.78 is 7.40. The molecule has 6 heteroatoms. The Morgan fingerprint density at radius 1 is 1.36 bits per heavy atom. The second-order valence-electron chi connectivity index (χ2n) is 6.69. The Kier molecular flexibility index (Phi) is 5.08. The summed E-state index contributed by atoms with van der Waals surface area (Å²) >= 11 is 0. The van der Waals surface area contributed by atoms with E-state index in [9.17, 15) is 4.79 Å². The van der Waals surface area contributed by atoms with Crippen molar-refractivity contribution in [2.24, 2.45) is 0 Å². The van der Waals surface area contributed by atoms with Gasteiger partial charge in [-0.1, -0.05) is 18.2 Å². The van der Waals surface area contributed by atoms with Crippen LogP contribution >= 0.6 is 0 Å². The maximum atomic E-state index is 12.4. The monoisotopic (exact) mass is 342 g/mol. The zero-order valence-electron chi connectivity index (χ0n) is 15.3. The van der Waals surface area contributed by atoms with Crippen molar-refractivity contribution < 1.29 is 9.53 Å². The van der Waals surface area contributed by atoms with Crippen LogP contribution in [0.25, 0.3) is 0 Å². The van der Waals surface area contributed by atoms with Gasteiger partial charge in [0.05, 0.1) is 24.9 Å². The van der Waals surface area contributed by atoms with Crippen LogP contribution in [0, 0.1) is 13.8 Å². The van der Waals surface area contributed by atoms with Gasteiger partial charge in [0, 0.05) is 30.9 Å². The Morgan fingerprint density at radius 2 is 2.08 bits per heavy atom.